The summed E-state index contributed by atoms with van der Waals surface area (Å²) in [5, 5.41) is 9.72. The van der Waals surface area contributed by atoms with E-state index in [-0.39, 0.29) is 11.7 Å². The molecule has 1 aliphatic rings. The molecule has 1 saturated carbocycles. The van der Waals surface area contributed by atoms with Crippen LogP contribution in [0.5, 0.6) is 0 Å². The van der Waals surface area contributed by atoms with E-state index < -0.39 is 11.9 Å². The molecule has 1 aliphatic carbocycles. The molecule has 18 heavy (non-hydrogen) atoms. The molecule has 1 aromatic carbocycles. The van der Waals surface area contributed by atoms with E-state index in [0.29, 0.717) is 34.9 Å². The van der Waals surface area contributed by atoms with Crippen LogP contribution >= 0.6 is 23.2 Å². The zero-order valence-electron chi connectivity index (χ0n) is 9.53. The number of aliphatic carboxylic acids is 1. The number of carbonyl (C=O) groups excluding carboxylic acids is 1. The average Bonchev–Trinajstić information content (AvgIpc) is 2.77. The molecule has 0 radical (unpaired) electrons. The quantitative estimate of drug-likeness (QED) is 0.863. The summed E-state index contributed by atoms with van der Waals surface area (Å²) in [4.78, 5) is 23.1. The Morgan fingerprint density at radius 3 is 2.39 bits per heavy atom. The average molecular weight is 287 g/mol. The maximum absolute atomic E-state index is 12.2. The van der Waals surface area contributed by atoms with Gasteiger partial charge < -0.3 is 5.11 Å². The minimum absolute atomic E-state index is 0.0829. The Labute approximate surface area is 115 Å². The van der Waals surface area contributed by atoms with Crippen molar-refractivity contribution in [3.05, 3.63) is 33.8 Å². The number of Topliss-reactive ketones (excluding diaryl/α,β-unsaturated/α-hetero) is 1. The standard InChI is InChI=1S/C13H12Cl2O3/c14-9-3-4-10(11(15)6-9)12(16)7-1-2-8(5-7)13(17)18/h3-4,6-8H,1-2,5H2,(H,17,18). The Kier molecular flexibility index (Phi) is 3.93. The second-order valence-electron chi connectivity index (χ2n) is 4.53. The molecule has 0 aliphatic heterocycles. The van der Waals surface area contributed by atoms with Gasteiger partial charge in [-0.25, -0.2) is 0 Å². The van der Waals surface area contributed by atoms with Gasteiger partial charge in [-0.1, -0.05) is 23.2 Å². The SMILES string of the molecule is O=C(O)C1CCC(C(=O)c2ccc(Cl)cc2Cl)C1. The maximum atomic E-state index is 12.2. The lowest BCUT2D eigenvalue weighted by atomic mass is 9.95. The third-order valence-corrected chi connectivity index (χ3v) is 3.90. The van der Waals surface area contributed by atoms with Crippen LogP contribution in [0.25, 0.3) is 0 Å². The monoisotopic (exact) mass is 286 g/mol. The summed E-state index contributed by atoms with van der Waals surface area (Å²) in [7, 11) is 0. The van der Waals surface area contributed by atoms with Crippen molar-refractivity contribution >= 4 is 35.0 Å². The predicted molar refractivity (Wildman–Crippen MR) is 69.3 cm³/mol. The molecule has 1 aromatic rings. The van der Waals surface area contributed by atoms with E-state index in [4.69, 9.17) is 28.3 Å². The summed E-state index contributed by atoms with van der Waals surface area (Å²) in [5.41, 5.74) is 0.428. The number of ketones is 1. The lowest BCUT2D eigenvalue weighted by Gasteiger charge is -2.10. The number of hydrogen-bond donors (Lipinski definition) is 1. The lowest BCUT2D eigenvalue weighted by Crippen LogP contribution is -2.15. The molecular weight excluding hydrogens is 275 g/mol. The topological polar surface area (TPSA) is 54.4 Å². The Morgan fingerprint density at radius 2 is 1.83 bits per heavy atom. The van der Waals surface area contributed by atoms with Crippen molar-refractivity contribution in [1.29, 1.82) is 0 Å². The van der Waals surface area contributed by atoms with E-state index in [9.17, 15) is 9.59 Å². The molecule has 2 unspecified atom stereocenters. The number of carboxylic acids is 1. The molecule has 2 atom stereocenters. The number of benzene rings is 1. The van der Waals surface area contributed by atoms with E-state index in [0.717, 1.165) is 0 Å². The van der Waals surface area contributed by atoms with Gasteiger partial charge in [0.05, 0.1) is 10.9 Å². The summed E-state index contributed by atoms with van der Waals surface area (Å²) in [6.45, 7) is 0. The van der Waals surface area contributed by atoms with Crippen LogP contribution in [-0.4, -0.2) is 16.9 Å². The number of hydrogen-bond acceptors (Lipinski definition) is 2. The van der Waals surface area contributed by atoms with Crippen molar-refractivity contribution < 1.29 is 14.7 Å². The Hall–Kier alpha value is -1.06. The fourth-order valence-electron chi connectivity index (χ4n) is 2.35. The van der Waals surface area contributed by atoms with Gasteiger partial charge in [-0.3, -0.25) is 9.59 Å². The first-order chi connectivity index (χ1) is 8.49. The zero-order chi connectivity index (χ0) is 13.3. The molecule has 1 N–H and O–H groups in total. The van der Waals surface area contributed by atoms with Gasteiger partial charge in [0.15, 0.2) is 5.78 Å². The van der Waals surface area contributed by atoms with E-state index in [2.05, 4.69) is 0 Å². The molecule has 96 valence electrons. The first-order valence-corrected chi connectivity index (χ1v) is 6.46. The van der Waals surface area contributed by atoms with Gasteiger partial charge >= 0.3 is 5.97 Å². The number of halogens is 2. The van der Waals surface area contributed by atoms with Crippen LogP contribution < -0.4 is 0 Å². The van der Waals surface area contributed by atoms with Crippen LogP contribution in [0.2, 0.25) is 10.0 Å². The van der Waals surface area contributed by atoms with E-state index in [1.165, 1.54) is 6.07 Å². The van der Waals surface area contributed by atoms with Crippen molar-refractivity contribution in [3.63, 3.8) is 0 Å². The van der Waals surface area contributed by atoms with E-state index in [1.54, 1.807) is 12.1 Å². The highest BCUT2D eigenvalue weighted by atomic mass is 35.5. The second-order valence-corrected chi connectivity index (χ2v) is 5.38. The number of carboxylic acid groups (broad SMARTS) is 1. The van der Waals surface area contributed by atoms with Crippen LogP contribution in [0.15, 0.2) is 18.2 Å². The third kappa shape index (κ3) is 2.68. The molecule has 0 aromatic heterocycles. The normalized spacial score (nSPS) is 23.0. The molecular formula is C13H12Cl2O3. The molecule has 5 heteroatoms. The van der Waals surface area contributed by atoms with Crippen molar-refractivity contribution in [2.75, 3.05) is 0 Å². The summed E-state index contributed by atoms with van der Waals surface area (Å²) in [6.07, 6.45) is 1.55. The predicted octanol–water partition coefficient (Wildman–Crippen LogP) is 3.68. The Balaban J connectivity index is 2.15. The van der Waals surface area contributed by atoms with Crippen molar-refractivity contribution in [3.8, 4) is 0 Å². The maximum Gasteiger partial charge on any atom is 0.306 e. The first kappa shape index (κ1) is 13.4. The third-order valence-electron chi connectivity index (χ3n) is 3.35. The van der Waals surface area contributed by atoms with E-state index >= 15 is 0 Å². The van der Waals surface area contributed by atoms with Gasteiger partial charge in [0, 0.05) is 16.5 Å². The fraction of sp³-hybridized carbons (Fsp3) is 0.385. The van der Waals surface area contributed by atoms with Gasteiger partial charge in [0.2, 0.25) is 0 Å². The van der Waals surface area contributed by atoms with Gasteiger partial charge in [0.1, 0.15) is 0 Å². The minimum atomic E-state index is -0.826. The van der Waals surface area contributed by atoms with Crippen molar-refractivity contribution in [1.82, 2.24) is 0 Å². The van der Waals surface area contributed by atoms with Crippen molar-refractivity contribution in [2.24, 2.45) is 11.8 Å². The first-order valence-electron chi connectivity index (χ1n) is 5.71. The highest BCUT2D eigenvalue weighted by molar-refractivity contribution is 6.36. The van der Waals surface area contributed by atoms with Gasteiger partial charge in [-0.2, -0.15) is 0 Å². The molecule has 1 fully saturated rings. The smallest absolute Gasteiger partial charge is 0.306 e. The van der Waals surface area contributed by atoms with Gasteiger partial charge in [-0.15, -0.1) is 0 Å². The Morgan fingerprint density at radius 1 is 1.17 bits per heavy atom. The lowest BCUT2D eigenvalue weighted by molar-refractivity contribution is -0.141. The van der Waals surface area contributed by atoms with Crippen LogP contribution in [0.1, 0.15) is 29.6 Å². The summed E-state index contributed by atoms with van der Waals surface area (Å²) >= 11 is 11.8. The molecule has 0 heterocycles. The minimum Gasteiger partial charge on any atom is -0.481 e. The highest BCUT2D eigenvalue weighted by Gasteiger charge is 2.34. The molecule has 0 amide bonds. The van der Waals surface area contributed by atoms with Crippen LogP contribution in [0.4, 0.5) is 0 Å². The van der Waals surface area contributed by atoms with Crippen LogP contribution in [0.3, 0.4) is 0 Å². The largest absolute Gasteiger partial charge is 0.481 e. The van der Waals surface area contributed by atoms with Crippen LogP contribution in [-0.2, 0) is 4.79 Å². The zero-order valence-corrected chi connectivity index (χ0v) is 11.0. The summed E-state index contributed by atoms with van der Waals surface area (Å²) in [6, 6.07) is 4.74. The summed E-state index contributed by atoms with van der Waals surface area (Å²) < 4.78 is 0. The van der Waals surface area contributed by atoms with Crippen LogP contribution in [0, 0.1) is 11.8 Å². The van der Waals surface area contributed by atoms with E-state index in [1.807, 2.05) is 0 Å². The highest BCUT2D eigenvalue weighted by Crippen LogP contribution is 2.35. The number of rotatable bonds is 3. The van der Waals surface area contributed by atoms with Gasteiger partial charge in [-0.05, 0) is 37.5 Å². The number of carbonyl (C=O) groups is 2. The molecule has 0 saturated heterocycles. The molecule has 3 nitrogen and oxygen atoms in total. The fourth-order valence-corrected chi connectivity index (χ4v) is 2.85. The second kappa shape index (κ2) is 5.29. The Bertz CT molecular complexity index is 499. The molecule has 0 bridgehead atoms. The molecule has 2 rings (SSSR count). The molecule has 0 spiro atoms. The van der Waals surface area contributed by atoms with Crippen molar-refractivity contribution in [2.45, 2.75) is 19.3 Å². The summed E-state index contributed by atoms with van der Waals surface area (Å²) in [5.74, 6) is -1.57. The van der Waals surface area contributed by atoms with Gasteiger partial charge in [0.25, 0.3) is 0 Å².